The number of ether oxygens (including phenoxy) is 1. The van der Waals surface area contributed by atoms with Crippen LogP contribution < -0.4 is 20.9 Å². The highest BCUT2D eigenvalue weighted by molar-refractivity contribution is 7.80. The van der Waals surface area contributed by atoms with Crippen molar-refractivity contribution in [1.82, 2.24) is 16.2 Å². The summed E-state index contributed by atoms with van der Waals surface area (Å²) < 4.78 is 5.68. The molecule has 0 radical (unpaired) electrons. The van der Waals surface area contributed by atoms with Crippen LogP contribution in [0.3, 0.4) is 0 Å². The lowest BCUT2D eigenvalue weighted by Crippen LogP contribution is -2.49. The quantitative estimate of drug-likeness (QED) is 0.373. The van der Waals surface area contributed by atoms with Gasteiger partial charge in [-0.3, -0.25) is 15.6 Å². The Labute approximate surface area is 155 Å². The zero-order valence-electron chi connectivity index (χ0n) is 15.0. The SMILES string of the molecule is CCCCCCOc1ccc(C(=O)NNC(=S)NC2CCCC2)cc1. The van der Waals surface area contributed by atoms with Gasteiger partial charge in [0.25, 0.3) is 5.91 Å². The fraction of sp³-hybridized carbons (Fsp3) is 0.579. The topological polar surface area (TPSA) is 62.4 Å². The number of thiocarbonyl (C=S) groups is 1. The van der Waals surface area contributed by atoms with Crippen LogP contribution in [0.25, 0.3) is 0 Å². The molecule has 1 saturated carbocycles. The monoisotopic (exact) mass is 363 g/mol. The van der Waals surface area contributed by atoms with E-state index in [0.717, 1.165) is 25.0 Å². The number of unbranched alkanes of at least 4 members (excludes halogenated alkanes) is 3. The molecule has 1 aromatic carbocycles. The number of rotatable bonds is 8. The van der Waals surface area contributed by atoms with Crippen molar-refractivity contribution >= 4 is 23.2 Å². The van der Waals surface area contributed by atoms with Gasteiger partial charge in [-0.1, -0.05) is 39.0 Å². The molecule has 0 heterocycles. The highest BCUT2D eigenvalue weighted by Gasteiger charge is 2.15. The number of amides is 1. The van der Waals surface area contributed by atoms with Gasteiger partial charge in [0.05, 0.1) is 6.61 Å². The second-order valence-electron chi connectivity index (χ2n) is 6.47. The Bertz CT molecular complexity index is 542. The maximum Gasteiger partial charge on any atom is 0.269 e. The van der Waals surface area contributed by atoms with E-state index in [1.165, 1.54) is 32.1 Å². The van der Waals surface area contributed by atoms with E-state index in [9.17, 15) is 4.79 Å². The summed E-state index contributed by atoms with van der Waals surface area (Å²) in [6.45, 7) is 2.91. The van der Waals surface area contributed by atoms with E-state index in [0.29, 0.717) is 23.3 Å². The molecule has 5 nitrogen and oxygen atoms in total. The van der Waals surface area contributed by atoms with Crippen LogP contribution in [-0.4, -0.2) is 23.7 Å². The standard InChI is InChI=1S/C19H29N3O2S/c1-2-3-4-7-14-24-17-12-10-15(11-13-17)18(23)21-22-19(25)20-16-8-5-6-9-16/h10-13,16H,2-9,14H2,1H3,(H,21,23)(H2,20,22,25). The highest BCUT2D eigenvalue weighted by atomic mass is 32.1. The maximum absolute atomic E-state index is 12.1. The summed E-state index contributed by atoms with van der Waals surface area (Å²) in [5, 5.41) is 3.68. The minimum Gasteiger partial charge on any atom is -0.494 e. The first-order valence-corrected chi connectivity index (χ1v) is 9.69. The summed E-state index contributed by atoms with van der Waals surface area (Å²) in [4.78, 5) is 12.1. The van der Waals surface area contributed by atoms with Gasteiger partial charge in [0.15, 0.2) is 5.11 Å². The molecule has 1 amide bonds. The molecule has 0 unspecified atom stereocenters. The fourth-order valence-corrected chi connectivity index (χ4v) is 3.12. The summed E-state index contributed by atoms with van der Waals surface area (Å²) in [5.41, 5.74) is 5.96. The minimum absolute atomic E-state index is 0.218. The van der Waals surface area contributed by atoms with Crippen molar-refractivity contribution in [1.29, 1.82) is 0 Å². The van der Waals surface area contributed by atoms with Crippen LogP contribution in [0, 0.1) is 0 Å². The van der Waals surface area contributed by atoms with Crippen molar-refractivity contribution < 1.29 is 9.53 Å². The van der Waals surface area contributed by atoms with Gasteiger partial charge in [0.2, 0.25) is 0 Å². The largest absolute Gasteiger partial charge is 0.494 e. The normalized spacial score (nSPS) is 14.1. The summed E-state index contributed by atoms with van der Waals surface area (Å²) in [5.74, 6) is 0.574. The Morgan fingerprint density at radius 2 is 1.84 bits per heavy atom. The predicted octanol–water partition coefficient (Wildman–Crippen LogP) is 3.70. The van der Waals surface area contributed by atoms with E-state index in [-0.39, 0.29) is 5.91 Å². The number of hydrazine groups is 1. The molecule has 0 bridgehead atoms. The van der Waals surface area contributed by atoms with E-state index < -0.39 is 0 Å². The molecule has 0 aromatic heterocycles. The number of carbonyl (C=O) groups excluding carboxylic acids is 1. The lowest BCUT2D eigenvalue weighted by molar-refractivity contribution is 0.0943. The van der Waals surface area contributed by atoms with Crippen molar-refractivity contribution in [3.05, 3.63) is 29.8 Å². The van der Waals surface area contributed by atoms with Gasteiger partial charge in [-0.05, 0) is 55.7 Å². The maximum atomic E-state index is 12.1. The van der Waals surface area contributed by atoms with Gasteiger partial charge in [-0.2, -0.15) is 0 Å². The van der Waals surface area contributed by atoms with E-state index in [2.05, 4.69) is 23.1 Å². The van der Waals surface area contributed by atoms with Crippen LogP contribution in [0.2, 0.25) is 0 Å². The van der Waals surface area contributed by atoms with Crippen LogP contribution >= 0.6 is 12.2 Å². The molecule has 1 fully saturated rings. The summed E-state index contributed by atoms with van der Waals surface area (Å²) in [6, 6.07) is 7.58. The van der Waals surface area contributed by atoms with Crippen LogP contribution in [0.15, 0.2) is 24.3 Å². The third-order valence-corrected chi connectivity index (χ3v) is 4.58. The van der Waals surface area contributed by atoms with Gasteiger partial charge in [0, 0.05) is 11.6 Å². The molecule has 6 heteroatoms. The predicted molar refractivity (Wildman–Crippen MR) is 105 cm³/mol. The Balaban J connectivity index is 1.67. The minimum atomic E-state index is -0.218. The van der Waals surface area contributed by atoms with Gasteiger partial charge < -0.3 is 10.1 Å². The Morgan fingerprint density at radius 3 is 2.52 bits per heavy atom. The number of nitrogens with one attached hydrogen (secondary N) is 3. The summed E-state index contributed by atoms with van der Waals surface area (Å²) in [6.07, 6.45) is 9.46. The van der Waals surface area contributed by atoms with Gasteiger partial charge >= 0.3 is 0 Å². The third kappa shape index (κ3) is 7.30. The molecule has 0 saturated heterocycles. The Morgan fingerprint density at radius 1 is 1.12 bits per heavy atom. The summed E-state index contributed by atoms with van der Waals surface area (Å²) >= 11 is 5.20. The fourth-order valence-electron chi connectivity index (χ4n) is 2.90. The number of carbonyl (C=O) groups is 1. The molecular weight excluding hydrogens is 334 g/mol. The van der Waals surface area contributed by atoms with Gasteiger partial charge in [-0.15, -0.1) is 0 Å². The van der Waals surface area contributed by atoms with E-state index in [1.54, 1.807) is 12.1 Å². The first kappa shape index (κ1) is 19.5. The zero-order chi connectivity index (χ0) is 17.9. The van der Waals surface area contributed by atoms with E-state index in [4.69, 9.17) is 17.0 Å². The van der Waals surface area contributed by atoms with Gasteiger partial charge in [-0.25, -0.2) is 0 Å². The van der Waals surface area contributed by atoms with Gasteiger partial charge in [0.1, 0.15) is 5.75 Å². The molecule has 1 aromatic rings. The molecule has 0 aliphatic heterocycles. The summed E-state index contributed by atoms with van der Waals surface area (Å²) in [7, 11) is 0. The second-order valence-corrected chi connectivity index (χ2v) is 6.88. The van der Waals surface area contributed by atoms with Crippen LogP contribution in [0.4, 0.5) is 0 Å². The molecule has 0 spiro atoms. The molecule has 138 valence electrons. The van der Waals surface area contributed by atoms with Crippen LogP contribution in [0.1, 0.15) is 68.6 Å². The average molecular weight is 364 g/mol. The second kappa shape index (κ2) is 10.9. The van der Waals surface area contributed by atoms with Crippen molar-refractivity contribution in [2.75, 3.05) is 6.61 Å². The lowest BCUT2D eigenvalue weighted by atomic mass is 10.2. The van der Waals surface area contributed by atoms with Crippen molar-refractivity contribution in [3.8, 4) is 5.75 Å². The van der Waals surface area contributed by atoms with Crippen molar-refractivity contribution in [2.24, 2.45) is 0 Å². The molecule has 3 N–H and O–H groups in total. The number of benzene rings is 1. The third-order valence-electron chi connectivity index (χ3n) is 4.36. The molecule has 2 rings (SSSR count). The highest BCUT2D eigenvalue weighted by Crippen LogP contribution is 2.17. The first-order chi connectivity index (χ1) is 12.2. The Hall–Kier alpha value is -1.82. The first-order valence-electron chi connectivity index (χ1n) is 9.28. The van der Waals surface area contributed by atoms with Crippen LogP contribution in [-0.2, 0) is 0 Å². The molecule has 1 aliphatic rings. The van der Waals surface area contributed by atoms with Crippen molar-refractivity contribution in [2.45, 2.75) is 64.3 Å². The van der Waals surface area contributed by atoms with Crippen molar-refractivity contribution in [3.63, 3.8) is 0 Å². The average Bonchev–Trinajstić information content (AvgIpc) is 3.13. The molecule has 1 aliphatic carbocycles. The van der Waals surface area contributed by atoms with E-state index >= 15 is 0 Å². The zero-order valence-corrected chi connectivity index (χ0v) is 15.8. The lowest BCUT2D eigenvalue weighted by Gasteiger charge is -2.16. The number of hydrogen-bond acceptors (Lipinski definition) is 3. The smallest absolute Gasteiger partial charge is 0.269 e. The Kier molecular flexibility index (Phi) is 8.52. The number of hydrogen-bond donors (Lipinski definition) is 3. The molecule has 0 atom stereocenters. The molecular formula is C19H29N3O2S. The van der Waals surface area contributed by atoms with Crippen LogP contribution in [0.5, 0.6) is 5.75 Å². The molecule has 25 heavy (non-hydrogen) atoms. The van der Waals surface area contributed by atoms with E-state index in [1.807, 2.05) is 12.1 Å².